The topological polar surface area (TPSA) is 8.17 Å². The summed E-state index contributed by atoms with van der Waals surface area (Å²) in [6.07, 6.45) is 0. The first-order valence-electron chi connectivity index (χ1n) is 18.5. The molecule has 2 nitrogen and oxygen atoms in total. The van der Waals surface area contributed by atoms with Gasteiger partial charge in [-0.15, -0.1) is 0 Å². The first-order chi connectivity index (χ1) is 26.8. The highest BCUT2D eigenvalue weighted by atomic mass is 15.1. The molecule has 10 rings (SSSR count). The van der Waals surface area contributed by atoms with E-state index in [4.69, 9.17) is 0 Å². The highest BCUT2D eigenvalue weighted by Crippen LogP contribution is 2.39. The fourth-order valence-electron chi connectivity index (χ4n) is 7.86. The zero-order valence-electron chi connectivity index (χ0n) is 29.7. The van der Waals surface area contributed by atoms with Gasteiger partial charge in [0.1, 0.15) is 0 Å². The average molecular weight is 689 g/mol. The second-order valence-corrected chi connectivity index (χ2v) is 13.8. The summed E-state index contributed by atoms with van der Waals surface area (Å²) in [6, 6.07) is 78.8. The largest absolute Gasteiger partial charge is 0.311 e. The van der Waals surface area contributed by atoms with Gasteiger partial charge in [-0.05, 0) is 117 Å². The van der Waals surface area contributed by atoms with Crippen LogP contribution in [0.15, 0.2) is 218 Å². The number of nitrogens with zero attached hydrogens (tertiary/aromatic N) is 2. The number of hydrogen-bond donors (Lipinski definition) is 0. The standard InChI is InChI=1S/C52H36N2/c1-3-11-37(12-4-1)39-21-32-48(33-22-39)54-51-18-10-9-17-49(51)50-36-44(27-34-52(50)54)41-25-30-47(31-26-41)53(45-15-5-2-6-16-45)46-28-23-40(24-29-46)43-20-19-38-13-7-8-14-42(38)35-43/h1-36H. The number of benzene rings is 9. The lowest BCUT2D eigenvalue weighted by atomic mass is 10.0. The molecule has 54 heavy (non-hydrogen) atoms. The number of anilines is 3. The quantitative estimate of drug-likeness (QED) is 0.162. The van der Waals surface area contributed by atoms with Crippen LogP contribution < -0.4 is 4.90 Å². The average Bonchev–Trinajstić information content (AvgIpc) is 3.58. The fourth-order valence-corrected chi connectivity index (χ4v) is 7.86. The van der Waals surface area contributed by atoms with E-state index >= 15 is 0 Å². The molecule has 0 amide bonds. The maximum Gasteiger partial charge on any atom is 0.0541 e. The van der Waals surface area contributed by atoms with Crippen molar-refractivity contribution in [3.63, 3.8) is 0 Å². The molecule has 9 aromatic carbocycles. The molecular formula is C52H36N2. The van der Waals surface area contributed by atoms with Gasteiger partial charge in [0.25, 0.3) is 0 Å². The Labute approximate surface area is 315 Å². The predicted octanol–water partition coefficient (Wildman–Crippen LogP) is 14.4. The highest BCUT2D eigenvalue weighted by Gasteiger charge is 2.16. The van der Waals surface area contributed by atoms with Crippen LogP contribution in [0.2, 0.25) is 0 Å². The van der Waals surface area contributed by atoms with Crippen LogP contribution in [-0.4, -0.2) is 4.57 Å². The SMILES string of the molecule is c1ccc(-c2ccc(-n3c4ccccc4c4cc(-c5ccc(N(c6ccccc6)c6ccc(-c7ccc8ccccc8c7)cc6)cc5)ccc43)cc2)cc1. The molecule has 1 heterocycles. The van der Waals surface area contributed by atoms with Crippen molar-refractivity contribution in [2.24, 2.45) is 0 Å². The molecule has 0 radical (unpaired) electrons. The van der Waals surface area contributed by atoms with E-state index < -0.39 is 0 Å². The van der Waals surface area contributed by atoms with Gasteiger partial charge in [0.05, 0.1) is 11.0 Å². The van der Waals surface area contributed by atoms with Gasteiger partial charge in [0, 0.05) is 33.5 Å². The summed E-state index contributed by atoms with van der Waals surface area (Å²) >= 11 is 0. The van der Waals surface area contributed by atoms with Crippen LogP contribution in [0, 0.1) is 0 Å². The Hall–Kier alpha value is -7.16. The molecule has 0 N–H and O–H groups in total. The van der Waals surface area contributed by atoms with E-state index in [1.807, 2.05) is 0 Å². The maximum atomic E-state index is 2.38. The summed E-state index contributed by atoms with van der Waals surface area (Å²) in [5, 5.41) is 5.01. The number of fused-ring (bicyclic) bond motifs is 4. The van der Waals surface area contributed by atoms with Crippen LogP contribution >= 0.6 is 0 Å². The molecule has 0 unspecified atom stereocenters. The smallest absolute Gasteiger partial charge is 0.0541 e. The summed E-state index contributed by atoms with van der Waals surface area (Å²) in [7, 11) is 0. The lowest BCUT2D eigenvalue weighted by Gasteiger charge is -2.26. The molecule has 0 bridgehead atoms. The van der Waals surface area contributed by atoms with Gasteiger partial charge in [0.2, 0.25) is 0 Å². The zero-order chi connectivity index (χ0) is 35.8. The third-order valence-electron chi connectivity index (χ3n) is 10.6. The summed E-state index contributed by atoms with van der Waals surface area (Å²) in [5.74, 6) is 0. The van der Waals surface area contributed by atoms with Crippen molar-refractivity contribution in [2.75, 3.05) is 4.90 Å². The van der Waals surface area contributed by atoms with Crippen LogP contribution in [0.3, 0.4) is 0 Å². The molecular weight excluding hydrogens is 653 g/mol. The van der Waals surface area contributed by atoms with Gasteiger partial charge in [-0.1, -0.05) is 146 Å². The van der Waals surface area contributed by atoms with Crippen molar-refractivity contribution < 1.29 is 0 Å². The zero-order valence-corrected chi connectivity index (χ0v) is 29.7. The number of rotatable bonds is 7. The third-order valence-corrected chi connectivity index (χ3v) is 10.6. The minimum atomic E-state index is 1.11. The van der Waals surface area contributed by atoms with E-state index in [0.717, 1.165) is 22.7 Å². The van der Waals surface area contributed by atoms with Crippen LogP contribution in [0.25, 0.3) is 71.6 Å². The third kappa shape index (κ3) is 5.71. The van der Waals surface area contributed by atoms with Gasteiger partial charge in [0.15, 0.2) is 0 Å². The second-order valence-electron chi connectivity index (χ2n) is 13.8. The molecule has 0 aliphatic heterocycles. The minimum Gasteiger partial charge on any atom is -0.311 e. The Morgan fingerprint density at radius 2 is 0.741 bits per heavy atom. The summed E-state index contributed by atoms with van der Waals surface area (Å²) < 4.78 is 2.38. The molecule has 2 heteroatoms. The van der Waals surface area contributed by atoms with Crippen molar-refractivity contribution in [2.45, 2.75) is 0 Å². The number of aromatic nitrogens is 1. The molecule has 0 spiro atoms. The van der Waals surface area contributed by atoms with E-state index in [9.17, 15) is 0 Å². The summed E-state index contributed by atoms with van der Waals surface area (Å²) in [6.45, 7) is 0. The normalized spacial score (nSPS) is 11.3. The van der Waals surface area contributed by atoms with Crippen molar-refractivity contribution in [1.29, 1.82) is 0 Å². The van der Waals surface area contributed by atoms with Gasteiger partial charge >= 0.3 is 0 Å². The van der Waals surface area contributed by atoms with E-state index in [0.29, 0.717) is 0 Å². The minimum absolute atomic E-state index is 1.11. The summed E-state index contributed by atoms with van der Waals surface area (Å²) in [5.41, 5.74) is 14.2. The molecule has 0 saturated heterocycles. The lowest BCUT2D eigenvalue weighted by molar-refractivity contribution is 1.18. The van der Waals surface area contributed by atoms with Crippen LogP contribution in [0.4, 0.5) is 17.1 Å². The number of hydrogen-bond acceptors (Lipinski definition) is 1. The molecule has 0 aliphatic carbocycles. The van der Waals surface area contributed by atoms with Crippen LogP contribution in [0.1, 0.15) is 0 Å². The Bertz CT molecular complexity index is 2890. The molecule has 0 fully saturated rings. The van der Waals surface area contributed by atoms with Gasteiger partial charge in [-0.25, -0.2) is 0 Å². The van der Waals surface area contributed by atoms with Crippen molar-refractivity contribution in [1.82, 2.24) is 4.57 Å². The Morgan fingerprint density at radius 1 is 0.278 bits per heavy atom. The van der Waals surface area contributed by atoms with Crippen molar-refractivity contribution >= 4 is 49.6 Å². The molecule has 254 valence electrons. The van der Waals surface area contributed by atoms with E-state index in [-0.39, 0.29) is 0 Å². The second kappa shape index (κ2) is 13.4. The summed E-state index contributed by atoms with van der Waals surface area (Å²) in [4.78, 5) is 2.33. The molecule has 1 aromatic heterocycles. The van der Waals surface area contributed by atoms with Gasteiger partial charge in [-0.3, -0.25) is 0 Å². The monoisotopic (exact) mass is 688 g/mol. The molecule has 0 saturated carbocycles. The van der Waals surface area contributed by atoms with Crippen LogP contribution in [-0.2, 0) is 0 Å². The van der Waals surface area contributed by atoms with Gasteiger partial charge in [-0.2, -0.15) is 0 Å². The van der Waals surface area contributed by atoms with E-state index in [1.54, 1.807) is 0 Å². The maximum absolute atomic E-state index is 2.38. The fraction of sp³-hybridized carbons (Fsp3) is 0. The molecule has 10 aromatic rings. The van der Waals surface area contributed by atoms with Crippen LogP contribution in [0.5, 0.6) is 0 Å². The van der Waals surface area contributed by atoms with Crippen molar-refractivity contribution in [3.05, 3.63) is 218 Å². The Kier molecular flexibility index (Phi) is 7.85. The first-order valence-corrected chi connectivity index (χ1v) is 18.5. The molecule has 0 aliphatic rings. The van der Waals surface area contributed by atoms with E-state index in [1.165, 1.54) is 66.0 Å². The highest BCUT2D eigenvalue weighted by molar-refractivity contribution is 6.10. The molecule has 0 atom stereocenters. The lowest BCUT2D eigenvalue weighted by Crippen LogP contribution is -2.09. The Balaban J connectivity index is 0.988. The van der Waals surface area contributed by atoms with Crippen molar-refractivity contribution in [3.8, 4) is 39.1 Å². The number of para-hydroxylation sites is 2. The van der Waals surface area contributed by atoms with Gasteiger partial charge < -0.3 is 9.47 Å². The predicted molar refractivity (Wildman–Crippen MR) is 229 cm³/mol. The Morgan fingerprint density at radius 3 is 1.44 bits per heavy atom. The van der Waals surface area contributed by atoms with E-state index in [2.05, 4.69) is 228 Å². The first kappa shape index (κ1) is 31.6.